The van der Waals surface area contributed by atoms with Crippen LogP contribution in [0.25, 0.3) is 0 Å². The zero-order valence-corrected chi connectivity index (χ0v) is 34.1. The Morgan fingerprint density at radius 2 is 1.02 bits per heavy atom. The number of aryl methyl sites for hydroxylation is 1. The van der Waals surface area contributed by atoms with Crippen LogP contribution >= 0.6 is 0 Å². The number of rotatable bonds is 33. The van der Waals surface area contributed by atoms with Crippen molar-refractivity contribution in [3.63, 3.8) is 0 Å². The van der Waals surface area contributed by atoms with E-state index in [2.05, 4.69) is 25.3 Å². The normalized spacial score (nSPS) is 11.2. The quantitative estimate of drug-likeness (QED) is 0.0544. The van der Waals surface area contributed by atoms with Gasteiger partial charge in [0.05, 0.1) is 13.2 Å². The first-order valence-corrected chi connectivity index (χ1v) is 21.7. The first-order chi connectivity index (χ1) is 25.5. The minimum Gasteiger partial charge on any atom is -0.490 e. The zero-order chi connectivity index (χ0) is 37.5. The molecule has 294 valence electrons. The summed E-state index contributed by atoms with van der Waals surface area (Å²) in [7, 11) is 0. The molecule has 0 radical (unpaired) electrons. The molecule has 1 aromatic carbocycles. The molecule has 2 aromatic rings. The van der Waals surface area contributed by atoms with Crippen molar-refractivity contribution in [2.24, 2.45) is 0 Å². The van der Waals surface area contributed by atoms with Gasteiger partial charge in [-0.2, -0.15) is 0 Å². The molecule has 0 atom stereocenters. The third-order valence-corrected chi connectivity index (χ3v) is 10.1. The van der Waals surface area contributed by atoms with Gasteiger partial charge in [0.1, 0.15) is 13.1 Å². The van der Waals surface area contributed by atoms with Gasteiger partial charge in [-0.1, -0.05) is 168 Å². The average Bonchev–Trinajstić information content (AvgIpc) is 3.15. The van der Waals surface area contributed by atoms with Crippen LogP contribution in [0.5, 0.6) is 11.5 Å². The molecule has 0 aliphatic carbocycles. The predicted octanol–water partition coefficient (Wildman–Crippen LogP) is 12.7. The summed E-state index contributed by atoms with van der Waals surface area (Å²) in [6.45, 7) is 10.4. The number of ether oxygens (including phenoxy) is 2. The van der Waals surface area contributed by atoms with E-state index in [4.69, 9.17) is 9.47 Å². The standard InChI is InChI=1S/C46H77N2O4/c1-5-8-10-12-14-16-18-20-22-24-26-30-37-51-44-34-33-42(46(50)48(41(4)49)40-43-32-28-29-36-47(43)35-7-3)39-45(44)52-38-31-27-25-23-21-19-17-15-13-11-9-6-2/h28-29,32-34,36,39H,5-27,30-31,35,37-38,40H2,1-4H3/q+1. The highest BCUT2D eigenvalue weighted by molar-refractivity contribution is 6.04. The molecule has 0 bridgehead atoms. The lowest BCUT2D eigenvalue weighted by Gasteiger charge is -2.20. The summed E-state index contributed by atoms with van der Waals surface area (Å²) >= 11 is 0. The van der Waals surface area contributed by atoms with Gasteiger partial charge in [0.2, 0.25) is 11.6 Å². The van der Waals surface area contributed by atoms with Gasteiger partial charge < -0.3 is 9.47 Å². The Bertz CT molecular complexity index is 1200. The van der Waals surface area contributed by atoms with Crippen molar-refractivity contribution >= 4 is 11.8 Å². The SMILES string of the molecule is CCCCCCCCCCCCCCOc1ccc(C(=O)N(Cc2cccc[n+]2CCC)C(C)=O)cc1OCCCCCCCCCCCCCC. The topological polar surface area (TPSA) is 59.7 Å². The number of imide groups is 1. The Kier molecular flexibility index (Phi) is 26.6. The van der Waals surface area contributed by atoms with Crippen LogP contribution in [0.3, 0.4) is 0 Å². The lowest BCUT2D eigenvalue weighted by atomic mass is 10.1. The lowest BCUT2D eigenvalue weighted by Crippen LogP contribution is -2.43. The van der Waals surface area contributed by atoms with Crippen LogP contribution in [-0.2, 0) is 17.9 Å². The average molecular weight is 722 g/mol. The molecular formula is C46H77N2O4+. The summed E-state index contributed by atoms with van der Waals surface area (Å²) in [4.78, 5) is 27.9. The highest BCUT2D eigenvalue weighted by Crippen LogP contribution is 2.30. The minimum absolute atomic E-state index is 0.223. The van der Waals surface area contributed by atoms with Crippen molar-refractivity contribution in [3.8, 4) is 11.5 Å². The third-order valence-electron chi connectivity index (χ3n) is 10.1. The molecule has 0 saturated heterocycles. The van der Waals surface area contributed by atoms with E-state index in [1.165, 1.54) is 140 Å². The van der Waals surface area contributed by atoms with Gasteiger partial charge in [0.25, 0.3) is 5.91 Å². The maximum Gasteiger partial charge on any atom is 0.261 e. The smallest absolute Gasteiger partial charge is 0.261 e. The molecule has 52 heavy (non-hydrogen) atoms. The molecule has 0 spiro atoms. The number of carbonyl (C=O) groups excluding carboxylic acids is 2. The molecule has 0 saturated carbocycles. The fraction of sp³-hybridized carbons (Fsp3) is 0.717. The Balaban J connectivity index is 1.90. The van der Waals surface area contributed by atoms with Crippen LogP contribution in [0.15, 0.2) is 42.6 Å². The Hall–Kier alpha value is -2.89. The van der Waals surface area contributed by atoms with Gasteiger partial charge in [-0.05, 0) is 31.0 Å². The van der Waals surface area contributed by atoms with Gasteiger partial charge in [0, 0.05) is 31.0 Å². The van der Waals surface area contributed by atoms with Crippen LogP contribution in [-0.4, -0.2) is 29.9 Å². The first kappa shape index (κ1) is 45.3. The van der Waals surface area contributed by atoms with Gasteiger partial charge in [-0.3, -0.25) is 14.5 Å². The summed E-state index contributed by atoms with van der Waals surface area (Å²) in [5.74, 6) is 0.680. The fourth-order valence-corrected chi connectivity index (χ4v) is 6.88. The molecule has 0 N–H and O–H groups in total. The van der Waals surface area contributed by atoms with Crippen molar-refractivity contribution in [2.45, 2.75) is 201 Å². The molecule has 1 heterocycles. The zero-order valence-electron chi connectivity index (χ0n) is 34.1. The minimum atomic E-state index is -0.317. The van der Waals surface area contributed by atoms with Crippen molar-refractivity contribution in [1.29, 1.82) is 0 Å². The summed E-state index contributed by atoms with van der Waals surface area (Å²) in [6.07, 6.45) is 34.1. The summed E-state index contributed by atoms with van der Waals surface area (Å²) in [5, 5.41) is 0. The molecule has 6 nitrogen and oxygen atoms in total. The second-order valence-corrected chi connectivity index (χ2v) is 14.9. The number of nitrogens with zero attached hydrogens (tertiary/aromatic N) is 2. The van der Waals surface area contributed by atoms with E-state index < -0.39 is 0 Å². The molecule has 2 amide bonds. The fourth-order valence-electron chi connectivity index (χ4n) is 6.88. The first-order valence-electron chi connectivity index (χ1n) is 21.7. The van der Waals surface area contributed by atoms with Crippen molar-refractivity contribution in [1.82, 2.24) is 4.90 Å². The van der Waals surface area contributed by atoms with Gasteiger partial charge in [-0.15, -0.1) is 0 Å². The van der Waals surface area contributed by atoms with E-state index in [0.29, 0.717) is 30.3 Å². The van der Waals surface area contributed by atoms with E-state index in [1.54, 1.807) is 12.1 Å². The van der Waals surface area contributed by atoms with Crippen molar-refractivity contribution in [2.75, 3.05) is 13.2 Å². The molecule has 6 heteroatoms. The monoisotopic (exact) mass is 722 g/mol. The number of benzene rings is 1. The van der Waals surface area contributed by atoms with Gasteiger partial charge in [-0.25, -0.2) is 4.57 Å². The molecule has 0 aliphatic rings. The molecular weight excluding hydrogens is 645 g/mol. The Morgan fingerprint density at radius 1 is 0.558 bits per heavy atom. The molecule has 0 unspecified atom stereocenters. The molecule has 0 fully saturated rings. The van der Waals surface area contributed by atoms with Crippen LogP contribution in [0.4, 0.5) is 0 Å². The van der Waals surface area contributed by atoms with Gasteiger partial charge in [0.15, 0.2) is 17.7 Å². The van der Waals surface area contributed by atoms with Crippen LogP contribution in [0, 0.1) is 0 Å². The largest absolute Gasteiger partial charge is 0.490 e. The Labute approximate surface area is 319 Å². The lowest BCUT2D eigenvalue weighted by molar-refractivity contribution is -0.704. The van der Waals surface area contributed by atoms with Crippen molar-refractivity contribution < 1.29 is 23.6 Å². The van der Waals surface area contributed by atoms with Crippen LogP contribution < -0.4 is 14.0 Å². The Morgan fingerprint density at radius 3 is 1.48 bits per heavy atom. The number of unbranched alkanes of at least 4 members (excludes halogenated alkanes) is 22. The number of hydrogen-bond donors (Lipinski definition) is 0. The predicted molar refractivity (Wildman–Crippen MR) is 217 cm³/mol. The number of amides is 2. The van der Waals surface area contributed by atoms with Gasteiger partial charge >= 0.3 is 0 Å². The molecule has 1 aromatic heterocycles. The third kappa shape index (κ3) is 20.4. The summed E-state index contributed by atoms with van der Waals surface area (Å²) in [5.41, 5.74) is 1.37. The number of aromatic nitrogens is 1. The summed E-state index contributed by atoms with van der Waals surface area (Å²) < 4.78 is 14.7. The van der Waals surface area contributed by atoms with E-state index >= 15 is 0 Å². The maximum absolute atomic E-state index is 13.8. The number of carbonyl (C=O) groups is 2. The molecule has 2 rings (SSSR count). The van der Waals surface area contributed by atoms with E-state index in [0.717, 1.165) is 44.3 Å². The van der Waals surface area contributed by atoms with Crippen molar-refractivity contribution in [3.05, 3.63) is 53.9 Å². The van der Waals surface area contributed by atoms with Crippen LogP contribution in [0.2, 0.25) is 0 Å². The van der Waals surface area contributed by atoms with Crippen LogP contribution in [0.1, 0.15) is 204 Å². The maximum atomic E-state index is 13.8. The highest BCUT2D eigenvalue weighted by atomic mass is 16.5. The molecule has 0 aliphatic heterocycles. The number of hydrogen-bond acceptors (Lipinski definition) is 4. The van der Waals surface area contributed by atoms with E-state index in [9.17, 15) is 9.59 Å². The van der Waals surface area contributed by atoms with E-state index in [1.807, 2.05) is 30.5 Å². The summed E-state index contributed by atoms with van der Waals surface area (Å²) in [6, 6.07) is 11.3. The second-order valence-electron chi connectivity index (χ2n) is 14.9. The number of pyridine rings is 1. The van der Waals surface area contributed by atoms with E-state index in [-0.39, 0.29) is 18.4 Å². The second kappa shape index (κ2) is 30.6. The highest BCUT2D eigenvalue weighted by Gasteiger charge is 2.25.